The molecule has 0 amide bonds. The second-order valence-corrected chi connectivity index (χ2v) is 6.90. The van der Waals surface area contributed by atoms with Crippen molar-refractivity contribution in [2.75, 3.05) is 11.5 Å². The van der Waals surface area contributed by atoms with Crippen LogP contribution in [-0.2, 0) is 15.6 Å². The number of aryl methyl sites for hydroxylation is 1. The molecule has 16 heavy (non-hydrogen) atoms. The predicted octanol–water partition coefficient (Wildman–Crippen LogP) is 0.924. The van der Waals surface area contributed by atoms with Gasteiger partial charge >= 0.3 is 0 Å². The molecule has 0 aliphatic carbocycles. The molecule has 0 bridgehead atoms. The summed E-state index contributed by atoms with van der Waals surface area (Å²) in [4.78, 5) is 15.6. The first-order chi connectivity index (χ1) is 7.44. The molecule has 0 aromatic carbocycles. The van der Waals surface area contributed by atoms with Gasteiger partial charge in [-0.3, -0.25) is 4.79 Å². The van der Waals surface area contributed by atoms with Crippen LogP contribution in [0, 0.1) is 0 Å². The van der Waals surface area contributed by atoms with Crippen LogP contribution in [0.4, 0.5) is 0 Å². The van der Waals surface area contributed by atoms with Crippen molar-refractivity contribution < 1.29 is 8.42 Å². The number of halogens is 1. The second kappa shape index (κ2) is 5.70. The Morgan fingerprint density at radius 2 is 2.25 bits per heavy atom. The number of hydrogen-bond donors (Lipinski definition) is 0. The lowest BCUT2D eigenvalue weighted by Crippen LogP contribution is -2.21. The molecule has 0 unspecified atom stereocenters. The quantitative estimate of drug-likeness (QED) is 0.593. The summed E-state index contributed by atoms with van der Waals surface area (Å²) in [7, 11) is 1.54. The fourth-order valence-electron chi connectivity index (χ4n) is 1.01. The van der Waals surface area contributed by atoms with E-state index in [1.165, 1.54) is 10.8 Å². The van der Waals surface area contributed by atoms with Crippen LogP contribution in [0.3, 0.4) is 0 Å². The molecule has 0 aliphatic heterocycles. The van der Waals surface area contributed by atoms with E-state index in [0.717, 1.165) is 11.8 Å². The molecule has 1 aromatic heterocycles. The second-order valence-electron chi connectivity index (χ2n) is 2.91. The third-order valence-electron chi connectivity index (χ3n) is 1.79. The summed E-state index contributed by atoms with van der Waals surface area (Å²) < 4.78 is 22.9. The summed E-state index contributed by atoms with van der Waals surface area (Å²) in [5.74, 6) is 0.0448. The smallest absolute Gasteiger partial charge is 0.283 e. The van der Waals surface area contributed by atoms with E-state index in [4.69, 9.17) is 10.7 Å². The average Bonchev–Trinajstić information content (AvgIpc) is 2.19. The fraction of sp³-hybridized carbons (Fsp3) is 0.500. The maximum Gasteiger partial charge on any atom is 0.283 e. The molecular formula is C8H11ClN2O3S2. The van der Waals surface area contributed by atoms with Gasteiger partial charge in [-0.2, -0.15) is 0 Å². The molecule has 8 heteroatoms. The summed E-state index contributed by atoms with van der Waals surface area (Å²) in [5, 5.41) is 0.296. The number of nitrogens with zero attached hydrogens (tertiary/aromatic N) is 2. The van der Waals surface area contributed by atoms with Crippen molar-refractivity contribution in [2.24, 2.45) is 0 Å². The van der Waals surface area contributed by atoms with Gasteiger partial charge in [-0.05, 0) is 6.92 Å². The Labute approximate surface area is 102 Å². The zero-order chi connectivity index (χ0) is 12.2. The predicted molar refractivity (Wildman–Crippen MR) is 64.5 cm³/mol. The van der Waals surface area contributed by atoms with Crippen molar-refractivity contribution in [1.29, 1.82) is 0 Å². The van der Waals surface area contributed by atoms with Gasteiger partial charge in [0.25, 0.3) is 5.56 Å². The lowest BCUT2D eigenvalue weighted by molar-refractivity contribution is 0.611. The average molecular weight is 283 g/mol. The summed E-state index contributed by atoms with van der Waals surface area (Å²) in [6.07, 6.45) is 3.10. The summed E-state index contributed by atoms with van der Waals surface area (Å²) in [5.41, 5.74) is -0.207. The summed E-state index contributed by atoms with van der Waals surface area (Å²) >= 11 is 1.10. The van der Waals surface area contributed by atoms with E-state index in [-0.39, 0.29) is 17.1 Å². The molecule has 1 rings (SSSR count). The molecular weight excluding hydrogens is 272 g/mol. The molecule has 0 fully saturated rings. The first-order valence-corrected chi connectivity index (χ1v) is 8.01. The number of aromatic nitrogens is 2. The lowest BCUT2D eigenvalue weighted by atomic mass is 10.6. The van der Waals surface area contributed by atoms with Gasteiger partial charge < -0.3 is 4.57 Å². The zero-order valence-electron chi connectivity index (χ0n) is 8.59. The van der Waals surface area contributed by atoms with Crippen molar-refractivity contribution in [3.8, 4) is 0 Å². The Bertz CT molecular complexity index is 512. The Kier molecular flexibility index (Phi) is 4.82. The minimum atomic E-state index is -3.51. The van der Waals surface area contributed by atoms with Crippen molar-refractivity contribution in [1.82, 2.24) is 9.55 Å². The van der Waals surface area contributed by atoms with E-state index in [1.54, 1.807) is 6.20 Å². The normalized spacial score (nSPS) is 11.6. The lowest BCUT2D eigenvalue weighted by Gasteiger charge is -2.03. The molecule has 0 spiro atoms. The van der Waals surface area contributed by atoms with Crippen molar-refractivity contribution in [3.63, 3.8) is 0 Å². The zero-order valence-corrected chi connectivity index (χ0v) is 11.0. The van der Waals surface area contributed by atoms with E-state index in [2.05, 4.69) is 4.98 Å². The van der Waals surface area contributed by atoms with Crippen molar-refractivity contribution in [3.05, 3.63) is 22.7 Å². The fourth-order valence-corrected chi connectivity index (χ4v) is 3.28. The van der Waals surface area contributed by atoms with Crippen LogP contribution < -0.4 is 5.56 Å². The SMILES string of the molecule is CCn1ccnc(SCCS(=O)(=O)Cl)c1=O. The van der Waals surface area contributed by atoms with Crippen LogP contribution in [0.25, 0.3) is 0 Å². The van der Waals surface area contributed by atoms with Crippen LogP contribution >= 0.6 is 22.4 Å². The highest BCUT2D eigenvalue weighted by Crippen LogP contribution is 2.11. The van der Waals surface area contributed by atoms with Gasteiger partial charge in [0, 0.05) is 35.4 Å². The number of rotatable bonds is 5. The summed E-state index contributed by atoms with van der Waals surface area (Å²) in [6, 6.07) is 0. The molecule has 90 valence electrons. The summed E-state index contributed by atoms with van der Waals surface area (Å²) in [6.45, 7) is 2.40. The van der Waals surface area contributed by atoms with Crippen molar-refractivity contribution >= 4 is 31.5 Å². The topological polar surface area (TPSA) is 69.0 Å². The van der Waals surface area contributed by atoms with Gasteiger partial charge in [-0.1, -0.05) is 11.8 Å². The molecule has 0 radical (unpaired) electrons. The molecule has 0 N–H and O–H groups in total. The van der Waals surface area contributed by atoms with Gasteiger partial charge in [0.15, 0.2) is 5.03 Å². The van der Waals surface area contributed by atoms with Crippen LogP contribution in [0.15, 0.2) is 22.2 Å². The molecule has 5 nitrogen and oxygen atoms in total. The van der Waals surface area contributed by atoms with E-state index < -0.39 is 9.05 Å². The van der Waals surface area contributed by atoms with Crippen LogP contribution in [0.5, 0.6) is 0 Å². The van der Waals surface area contributed by atoms with Gasteiger partial charge in [-0.15, -0.1) is 0 Å². The third kappa shape index (κ3) is 4.15. The van der Waals surface area contributed by atoms with Crippen LogP contribution in [0.2, 0.25) is 0 Å². The Morgan fingerprint density at radius 1 is 1.56 bits per heavy atom. The third-order valence-corrected chi connectivity index (χ3v) is 4.16. The molecule has 0 saturated carbocycles. The minimum absolute atomic E-state index is 0.179. The Morgan fingerprint density at radius 3 is 2.81 bits per heavy atom. The van der Waals surface area contributed by atoms with Gasteiger partial charge in [0.05, 0.1) is 5.75 Å². The molecule has 1 aromatic rings. The molecule has 1 heterocycles. The van der Waals surface area contributed by atoms with Crippen LogP contribution in [0.1, 0.15) is 6.92 Å². The number of hydrogen-bond acceptors (Lipinski definition) is 5. The molecule has 0 saturated heterocycles. The van der Waals surface area contributed by atoms with E-state index in [0.29, 0.717) is 11.6 Å². The van der Waals surface area contributed by atoms with Gasteiger partial charge in [0.2, 0.25) is 9.05 Å². The van der Waals surface area contributed by atoms with Gasteiger partial charge in [0.1, 0.15) is 0 Å². The molecule has 0 aliphatic rings. The highest BCUT2D eigenvalue weighted by molar-refractivity contribution is 8.14. The van der Waals surface area contributed by atoms with E-state index >= 15 is 0 Å². The van der Waals surface area contributed by atoms with Gasteiger partial charge in [-0.25, -0.2) is 13.4 Å². The minimum Gasteiger partial charge on any atom is -0.312 e. The van der Waals surface area contributed by atoms with Crippen molar-refractivity contribution in [2.45, 2.75) is 18.5 Å². The van der Waals surface area contributed by atoms with E-state index in [1.807, 2.05) is 6.92 Å². The standard InChI is InChI=1S/C8H11ClN2O3S2/c1-2-11-4-3-10-7(8(11)12)15-5-6-16(9,13)14/h3-4H,2,5-6H2,1H3. The number of thioether (sulfide) groups is 1. The highest BCUT2D eigenvalue weighted by atomic mass is 35.7. The van der Waals surface area contributed by atoms with Crippen LogP contribution in [-0.4, -0.2) is 29.5 Å². The maximum atomic E-state index is 11.7. The molecule has 0 atom stereocenters. The van der Waals surface area contributed by atoms with E-state index in [9.17, 15) is 13.2 Å². The maximum absolute atomic E-state index is 11.7. The highest BCUT2D eigenvalue weighted by Gasteiger charge is 2.08. The Balaban J connectivity index is 2.72. The Hall–Kier alpha value is -0.530. The monoisotopic (exact) mass is 282 g/mol. The first kappa shape index (κ1) is 13.5. The first-order valence-electron chi connectivity index (χ1n) is 4.54. The largest absolute Gasteiger partial charge is 0.312 e.